The van der Waals surface area contributed by atoms with Gasteiger partial charge in [0.15, 0.2) is 11.1 Å². The van der Waals surface area contributed by atoms with Crippen LogP contribution in [0.4, 0.5) is 4.39 Å². The van der Waals surface area contributed by atoms with Crippen LogP contribution in [0.1, 0.15) is 27.7 Å². The molecule has 0 aliphatic carbocycles. The summed E-state index contributed by atoms with van der Waals surface area (Å²) in [5, 5.41) is 0. The normalized spacial score (nSPS) is 26.6. The Morgan fingerprint density at radius 3 is 1.74 bits per heavy atom. The third-order valence-corrected chi connectivity index (χ3v) is 8.22. The molecule has 2 fully saturated rings. The first-order valence-corrected chi connectivity index (χ1v) is 11.4. The molecule has 5 nitrogen and oxygen atoms in total. The molecule has 0 bridgehead atoms. The molecule has 7 heteroatoms. The molecule has 2 aliphatic rings. The lowest BCUT2D eigenvalue weighted by Gasteiger charge is -2.54. The van der Waals surface area contributed by atoms with Crippen LogP contribution in [0.25, 0.3) is 22.3 Å². The van der Waals surface area contributed by atoms with Crippen molar-refractivity contribution in [1.29, 1.82) is 0 Å². The molecule has 2 saturated heterocycles. The number of hydrogen-bond donors (Lipinski definition) is 0. The van der Waals surface area contributed by atoms with E-state index in [1.807, 2.05) is 55.6 Å². The van der Waals surface area contributed by atoms with Crippen molar-refractivity contribution < 1.29 is 27.7 Å². The lowest BCUT2D eigenvalue weighted by atomic mass is 9.57. The first-order chi connectivity index (χ1) is 15.9. The number of carbonyl (C=O) groups is 2. The fraction of sp³-hybridized carbons (Fsp3) is 0.259. The third kappa shape index (κ3) is 2.70. The van der Waals surface area contributed by atoms with Crippen molar-refractivity contribution in [2.24, 2.45) is 0 Å². The first kappa shape index (κ1) is 22.4. The Kier molecular flexibility index (Phi) is 4.62. The van der Waals surface area contributed by atoms with Gasteiger partial charge in [-0.3, -0.25) is 0 Å². The van der Waals surface area contributed by atoms with Crippen LogP contribution in [-0.2, 0) is 18.9 Å². The van der Waals surface area contributed by atoms with Crippen molar-refractivity contribution in [3.05, 3.63) is 78.6 Å². The largest absolute Gasteiger partial charge is 0.615 e. The molecule has 5 rings (SSSR count). The molecule has 3 aromatic carbocycles. The van der Waals surface area contributed by atoms with E-state index in [9.17, 15) is 14.0 Å². The minimum atomic E-state index is -2.46. The Morgan fingerprint density at radius 1 is 0.706 bits per heavy atom. The van der Waals surface area contributed by atoms with Gasteiger partial charge in [0.25, 0.3) is 0 Å². The number of carbonyl (C=O) groups excluding carboxylic acids is 2. The van der Waals surface area contributed by atoms with Crippen LogP contribution in [-0.4, -0.2) is 41.1 Å². The van der Waals surface area contributed by atoms with Gasteiger partial charge in [-0.15, -0.1) is 0 Å². The summed E-state index contributed by atoms with van der Waals surface area (Å²) < 4.78 is 25.4. The molecule has 34 heavy (non-hydrogen) atoms. The summed E-state index contributed by atoms with van der Waals surface area (Å²) in [6, 6.07) is 21.9. The van der Waals surface area contributed by atoms with E-state index in [1.165, 1.54) is 12.1 Å². The second kappa shape index (κ2) is 7.03. The van der Waals surface area contributed by atoms with E-state index < -0.39 is 17.8 Å². The highest BCUT2D eigenvalue weighted by atomic mass is 19.1. The molecule has 0 atom stereocenters. The van der Waals surface area contributed by atoms with Gasteiger partial charge in [-0.1, -0.05) is 54.6 Å². The van der Waals surface area contributed by atoms with E-state index in [2.05, 4.69) is 0 Å². The van der Waals surface area contributed by atoms with Gasteiger partial charge in [0.2, 0.25) is 0 Å². The summed E-state index contributed by atoms with van der Waals surface area (Å²) in [5.41, 5.74) is 2.40. The van der Waals surface area contributed by atoms with E-state index in [0.717, 1.165) is 22.3 Å². The Morgan fingerprint density at radius 2 is 1.18 bits per heavy atom. The van der Waals surface area contributed by atoms with E-state index in [-0.39, 0.29) is 22.1 Å². The van der Waals surface area contributed by atoms with E-state index in [0.29, 0.717) is 5.46 Å². The fourth-order valence-corrected chi connectivity index (χ4v) is 5.64. The minimum absolute atomic E-state index is 0.0107. The molecule has 0 radical (unpaired) electrons. The van der Waals surface area contributed by atoms with Crippen molar-refractivity contribution in [2.75, 3.05) is 7.05 Å². The molecule has 3 aromatic rings. The summed E-state index contributed by atoms with van der Waals surface area (Å²) >= 11 is 0. The van der Waals surface area contributed by atoms with E-state index in [4.69, 9.17) is 9.31 Å². The number of rotatable bonds is 3. The third-order valence-electron chi connectivity index (χ3n) is 8.22. The van der Waals surface area contributed by atoms with Crippen molar-refractivity contribution in [3.8, 4) is 22.3 Å². The van der Waals surface area contributed by atoms with E-state index in [1.54, 1.807) is 39.8 Å². The standard InChI is InChI=1S/C27H27BFNO4/c1-26(2)24(31)33-28(30(26,5)27(3,4)25(32)34-28)22-11-7-10-21(17-22)20-9-6-8-19(16-20)18-12-14-23(29)15-13-18/h6-17H,1-5H3. The van der Waals surface area contributed by atoms with Gasteiger partial charge in [-0.2, -0.15) is 0 Å². The average molecular weight is 459 g/mol. The maximum absolute atomic E-state index is 13.4. The fourth-order valence-electron chi connectivity index (χ4n) is 5.64. The van der Waals surface area contributed by atoms with Crippen LogP contribution in [0.3, 0.4) is 0 Å². The van der Waals surface area contributed by atoms with Crippen LogP contribution >= 0.6 is 0 Å². The van der Waals surface area contributed by atoms with Crippen molar-refractivity contribution >= 4 is 24.1 Å². The second-order valence-electron chi connectivity index (χ2n) is 10.4. The van der Waals surface area contributed by atoms with Gasteiger partial charge in [0, 0.05) is 7.05 Å². The topological polar surface area (TPSA) is 52.6 Å². The van der Waals surface area contributed by atoms with Crippen LogP contribution in [0, 0.1) is 5.82 Å². The van der Waals surface area contributed by atoms with Gasteiger partial charge < -0.3 is 13.7 Å². The van der Waals surface area contributed by atoms with Gasteiger partial charge in [-0.05, 0) is 73.6 Å². The Balaban J connectivity index is 1.63. The van der Waals surface area contributed by atoms with Crippen LogP contribution in [0.15, 0.2) is 72.8 Å². The Bertz CT molecular complexity index is 1300. The zero-order valence-electron chi connectivity index (χ0n) is 20.0. The van der Waals surface area contributed by atoms with Gasteiger partial charge in [0.1, 0.15) is 5.82 Å². The summed E-state index contributed by atoms with van der Waals surface area (Å²) in [6.45, 7) is 4.75. The summed E-state index contributed by atoms with van der Waals surface area (Å²) in [6.07, 6.45) is 0. The van der Waals surface area contributed by atoms with Gasteiger partial charge in [0.05, 0.1) is 0 Å². The highest BCUT2D eigenvalue weighted by Crippen LogP contribution is 2.51. The summed E-state index contributed by atoms with van der Waals surface area (Å²) in [5.74, 6) is -1.06. The van der Waals surface area contributed by atoms with E-state index >= 15 is 0 Å². The number of likely N-dealkylation sites (N-methyl/N-ethyl adjacent to an activating group) is 1. The van der Waals surface area contributed by atoms with Crippen LogP contribution in [0.5, 0.6) is 0 Å². The second-order valence-corrected chi connectivity index (χ2v) is 10.4. The Hall–Kier alpha value is -3.45. The molecule has 0 N–H and O–H groups in total. The minimum Gasteiger partial charge on any atom is -0.596 e. The Labute approximate surface area is 198 Å². The maximum Gasteiger partial charge on any atom is 0.615 e. The van der Waals surface area contributed by atoms with Crippen molar-refractivity contribution in [2.45, 2.75) is 38.8 Å². The summed E-state index contributed by atoms with van der Waals surface area (Å²) in [7, 11) is 1.87. The average Bonchev–Trinajstić information content (AvgIpc) is 3.08. The molecule has 0 unspecified atom stereocenters. The number of quaternary nitrogens is 1. The molecule has 0 saturated carbocycles. The summed E-state index contributed by atoms with van der Waals surface area (Å²) in [4.78, 5) is 26.1. The van der Waals surface area contributed by atoms with Gasteiger partial charge >= 0.3 is 18.6 Å². The molecule has 2 aliphatic heterocycles. The number of hydrogen-bond acceptors (Lipinski definition) is 4. The molecule has 174 valence electrons. The van der Waals surface area contributed by atoms with Crippen LogP contribution in [0.2, 0.25) is 0 Å². The van der Waals surface area contributed by atoms with Gasteiger partial charge in [-0.25, -0.2) is 14.0 Å². The number of benzene rings is 3. The lowest BCUT2D eigenvalue weighted by molar-refractivity contribution is -0.885. The zero-order valence-corrected chi connectivity index (χ0v) is 20.0. The monoisotopic (exact) mass is 459 g/mol. The smallest absolute Gasteiger partial charge is 0.596 e. The first-order valence-electron chi connectivity index (χ1n) is 11.4. The highest BCUT2D eigenvalue weighted by Gasteiger charge is 2.80. The van der Waals surface area contributed by atoms with Crippen molar-refractivity contribution in [1.82, 2.24) is 0 Å². The number of fused-ring (bicyclic) bond motifs is 1. The molecule has 0 spiro atoms. The molecular weight excluding hydrogens is 432 g/mol. The molecule has 2 heterocycles. The SMILES string of the molecule is CC1(C)C(=O)O[B-]2(c3cccc(-c4cccc(-c5ccc(F)cc5)c4)c3)OC(=O)C(C)(C)[N+]21C. The zero-order chi connectivity index (χ0) is 24.5. The molecule has 0 amide bonds. The number of nitrogens with zero attached hydrogens (tertiary/aromatic N) is 1. The molecule has 0 aromatic heterocycles. The maximum atomic E-state index is 13.4. The predicted octanol–water partition coefficient (Wildman–Crippen LogP) is 4.42. The quantitative estimate of drug-likeness (QED) is 0.545. The highest BCUT2D eigenvalue weighted by molar-refractivity contribution is 6.79. The number of halogens is 1. The van der Waals surface area contributed by atoms with Crippen LogP contribution < -0.4 is 5.46 Å². The van der Waals surface area contributed by atoms with Crippen molar-refractivity contribution in [3.63, 3.8) is 0 Å². The predicted molar refractivity (Wildman–Crippen MR) is 129 cm³/mol. The lowest BCUT2D eigenvalue weighted by Crippen LogP contribution is -2.77. The molecular formula is C27H27BFNO4.